The van der Waals surface area contributed by atoms with Gasteiger partial charge in [-0.25, -0.2) is 0 Å². The van der Waals surface area contributed by atoms with E-state index in [9.17, 15) is 0 Å². The number of rotatable bonds is 4. The molecule has 0 aliphatic carbocycles. The lowest BCUT2D eigenvalue weighted by atomic mass is 10.2. The van der Waals surface area contributed by atoms with E-state index in [0.29, 0.717) is 27.3 Å². The Morgan fingerprint density at radius 1 is 1.29 bits per heavy atom. The summed E-state index contributed by atoms with van der Waals surface area (Å²) in [6.45, 7) is 2.90. The molecule has 2 aromatic rings. The van der Waals surface area contributed by atoms with Gasteiger partial charge in [0.1, 0.15) is 0 Å². The van der Waals surface area contributed by atoms with Crippen LogP contribution in [0.5, 0.6) is 0 Å². The van der Waals surface area contributed by atoms with Crippen LogP contribution in [-0.4, -0.2) is 34.7 Å². The van der Waals surface area contributed by atoms with E-state index in [4.69, 9.17) is 33.5 Å². The van der Waals surface area contributed by atoms with Crippen LogP contribution in [0.25, 0.3) is 11.5 Å². The van der Waals surface area contributed by atoms with Crippen molar-refractivity contribution in [1.82, 2.24) is 15.0 Å². The monoisotopic (exact) mass is 326 g/mol. The molecule has 0 radical (unpaired) electrons. The molecule has 112 valence electrons. The highest BCUT2D eigenvalue weighted by molar-refractivity contribution is 6.35. The van der Waals surface area contributed by atoms with E-state index in [2.05, 4.69) is 15.0 Å². The van der Waals surface area contributed by atoms with Crippen molar-refractivity contribution in [2.45, 2.75) is 18.9 Å². The fourth-order valence-corrected chi connectivity index (χ4v) is 2.85. The van der Waals surface area contributed by atoms with E-state index in [1.54, 1.807) is 18.2 Å². The minimum Gasteiger partial charge on any atom is -0.334 e. The summed E-state index contributed by atoms with van der Waals surface area (Å²) in [5, 5.41) is 5.05. The molecule has 0 spiro atoms. The van der Waals surface area contributed by atoms with E-state index in [1.807, 2.05) is 0 Å². The molecule has 5 nitrogen and oxygen atoms in total. The van der Waals surface area contributed by atoms with E-state index in [1.165, 1.54) is 12.8 Å². The predicted molar refractivity (Wildman–Crippen MR) is 82.4 cm³/mol. The summed E-state index contributed by atoms with van der Waals surface area (Å²) in [6, 6.07) is 4.85. The molecule has 2 heterocycles. The van der Waals surface area contributed by atoms with Crippen molar-refractivity contribution in [3.8, 4) is 11.5 Å². The zero-order chi connectivity index (χ0) is 14.8. The average molecular weight is 327 g/mol. The second kappa shape index (κ2) is 6.32. The van der Waals surface area contributed by atoms with Crippen molar-refractivity contribution in [2.75, 3.05) is 19.6 Å². The molecule has 21 heavy (non-hydrogen) atoms. The molecule has 1 aliphatic heterocycles. The number of hydrogen-bond donors (Lipinski definition) is 1. The average Bonchev–Trinajstić information content (AvgIpc) is 3.12. The summed E-state index contributed by atoms with van der Waals surface area (Å²) in [5.41, 5.74) is 6.77. The smallest absolute Gasteiger partial charge is 0.259 e. The zero-order valence-electron chi connectivity index (χ0n) is 11.4. The van der Waals surface area contributed by atoms with Crippen molar-refractivity contribution in [2.24, 2.45) is 5.73 Å². The van der Waals surface area contributed by atoms with Gasteiger partial charge in [0.15, 0.2) is 5.82 Å². The van der Waals surface area contributed by atoms with Gasteiger partial charge < -0.3 is 15.2 Å². The largest absolute Gasteiger partial charge is 0.334 e. The van der Waals surface area contributed by atoms with Crippen molar-refractivity contribution >= 4 is 23.2 Å². The maximum Gasteiger partial charge on any atom is 0.259 e. The molecule has 7 heteroatoms. The first-order valence-corrected chi connectivity index (χ1v) is 7.66. The molecule has 1 fully saturated rings. The Morgan fingerprint density at radius 3 is 2.81 bits per heavy atom. The van der Waals surface area contributed by atoms with Gasteiger partial charge in [-0.3, -0.25) is 0 Å². The van der Waals surface area contributed by atoms with Crippen molar-refractivity contribution in [3.05, 3.63) is 34.1 Å². The summed E-state index contributed by atoms with van der Waals surface area (Å²) in [4.78, 5) is 6.66. The topological polar surface area (TPSA) is 68.2 Å². The quantitative estimate of drug-likeness (QED) is 0.934. The van der Waals surface area contributed by atoms with Crippen LogP contribution in [0.2, 0.25) is 10.0 Å². The van der Waals surface area contributed by atoms with Gasteiger partial charge in [-0.1, -0.05) is 28.4 Å². The predicted octanol–water partition coefficient (Wildman–Crippen LogP) is 3.14. The minimum atomic E-state index is -0.265. The fourth-order valence-electron chi connectivity index (χ4n) is 2.48. The van der Waals surface area contributed by atoms with Crippen LogP contribution >= 0.6 is 23.2 Å². The van der Waals surface area contributed by atoms with E-state index >= 15 is 0 Å². The number of benzene rings is 1. The number of nitrogens with zero attached hydrogens (tertiary/aromatic N) is 3. The third-order valence-electron chi connectivity index (χ3n) is 3.59. The summed E-state index contributed by atoms with van der Waals surface area (Å²) in [5.74, 6) is 0.835. The number of hydrogen-bond acceptors (Lipinski definition) is 5. The van der Waals surface area contributed by atoms with Gasteiger partial charge in [-0.05, 0) is 44.1 Å². The van der Waals surface area contributed by atoms with Gasteiger partial charge in [-0.15, -0.1) is 0 Å². The Morgan fingerprint density at radius 2 is 2.05 bits per heavy atom. The normalized spacial score (nSPS) is 17.3. The van der Waals surface area contributed by atoms with Crippen molar-refractivity contribution in [1.29, 1.82) is 0 Å². The third kappa shape index (κ3) is 3.37. The van der Waals surface area contributed by atoms with Crippen molar-refractivity contribution < 1.29 is 4.52 Å². The molecule has 1 aromatic carbocycles. The maximum absolute atomic E-state index is 6.15. The summed E-state index contributed by atoms with van der Waals surface area (Å²) in [6.07, 6.45) is 2.45. The minimum absolute atomic E-state index is 0.265. The fraction of sp³-hybridized carbons (Fsp3) is 0.429. The Labute approximate surface area is 133 Å². The number of aromatic nitrogens is 2. The second-order valence-electron chi connectivity index (χ2n) is 5.20. The summed E-state index contributed by atoms with van der Waals surface area (Å²) < 4.78 is 5.27. The first-order valence-electron chi connectivity index (χ1n) is 6.90. The summed E-state index contributed by atoms with van der Waals surface area (Å²) >= 11 is 12.1. The molecule has 1 unspecified atom stereocenters. The van der Waals surface area contributed by atoms with Gasteiger partial charge in [0, 0.05) is 11.6 Å². The molecule has 1 aromatic heterocycles. The maximum atomic E-state index is 6.15. The van der Waals surface area contributed by atoms with Crippen LogP contribution in [0, 0.1) is 0 Å². The molecule has 2 N–H and O–H groups in total. The summed E-state index contributed by atoms with van der Waals surface area (Å²) in [7, 11) is 0. The third-order valence-corrected chi connectivity index (χ3v) is 4.15. The molecule has 0 amide bonds. The highest BCUT2D eigenvalue weighted by Crippen LogP contribution is 2.29. The SMILES string of the molecule is NC(CN1CCCC1)c1noc(-c2cc(Cl)ccc2Cl)n1. The molecule has 1 atom stereocenters. The van der Waals surface area contributed by atoms with Gasteiger partial charge in [0.2, 0.25) is 0 Å². The molecular weight excluding hydrogens is 311 g/mol. The molecule has 3 rings (SSSR count). The van der Waals surface area contributed by atoms with Crippen LogP contribution < -0.4 is 5.73 Å². The van der Waals surface area contributed by atoms with Gasteiger partial charge >= 0.3 is 0 Å². The lowest BCUT2D eigenvalue weighted by Crippen LogP contribution is -2.30. The van der Waals surface area contributed by atoms with Crippen LogP contribution in [0.4, 0.5) is 0 Å². The Kier molecular flexibility index (Phi) is 4.45. The first kappa shape index (κ1) is 14.8. The van der Waals surface area contributed by atoms with Crippen LogP contribution in [0.1, 0.15) is 24.7 Å². The van der Waals surface area contributed by atoms with Crippen molar-refractivity contribution in [3.63, 3.8) is 0 Å². The van der Waals surface area contributed by atoms with E-state index in [-0.39, 0.29) is 6.04 Å². The highest BCUT2D eigenvalue weighted by atomic mass is 35.5. The van der Waals surface area contributed by atoms with E-state index in [0.717, 1.165) is 19.6 Å². The Balaban J connectivity index is 1.77. The number of likely N-dealkylation sites (tertiary alicyclic amines) is 1. The lowest BCUT2D eigenvalue weighted by molar-refractivity contribution is 0.306. The highest BCUT2D eigenvalue weighted by Gasteiger charge is 2.21. The first-order chi connectivity index (χ1) is 10.1. The molecule has 0 saturated carbocycles. The Hall–Kier alpha value is -1.14. The van der Waals surface area contributed by atoms with E-state index < -0.39 is 0 Å². The number of nitrogens with two attached hydrogens (primary N) is 1. The van der Waals surface area contributed by atoms with Crippen LogP contribution in [0.3, 0.4) is 0 Å². The van der Waals surface area contributed by atoms with Gasteiger partial charge in [0.05, 0.1) is 16.6 Å². The van der Waals surface area contributed by atoms with Gasteiger partial charge in [-0.2, -0.15) is 4.98 Å². The second-order valence-corrected chi connectivity index (χ2v) is 6.04. The molecule has 1 aliphatic rings. The standard InChI is InChI=1S/C14H16Cl2N4O/c15-9-3-4-11(16)10(7-9)14-18-13(19-21-14)12(17)8-20-5-1-2-6-20/h3-4,7,12H,1-2,5-6,8,17H2. The number of halogens is 2. The Bertz CT molecular complexity index is 625. The molecule has 1 saturated heterocycles. The molecular formula is C14H16Cl2N4O. The van der Waals surface area contributed by atoms with Crippen LogP contribution in [-0.2, 0) is 0 Å². The van der Waals surface area contributed by atoms with Gasteiger partial charge in [0.25, 0.3) is 5.89 Å². The zero-order valence-corrected chi connectivity index (χ0v) is 12.9. The molecule has 0 bridgehead atoms. The van der Waals surface area contributed by atoms with Crippen LogP contribution in [0.15, 0.2) is 22.7 Å². The lowest BCUT2D eigenvalue weighted by Gasteiger charge is -2.17.